The average molecular weight is 262 g/mol. The molecule has 1 unspecified atom stereocenters. The fourth-order valence-electron chi connectivity index (χ4n) is 2.29. The average Bonchev–Trinajstić information content (AvgIpc) is 2.87. The summed E-state index contributed by atoms with van der Waals surface area (Å²) in [5, 5.41) is 18.8. The van der Waals surface area contributed by atoms with E-state index in [-0.39, 0.29) is 0 Å². The molecule has 1 atom stereocenters. The van der Waals surface area contributed by atoms with Crippen LogP contribution in [0.2, 0.25) is 0 Å². The van der Waals surface area contributed by atoms with Crippen molar-refractivity contribution in [3.8, 4) is 0 Å². The van der Waals surface area contributed by atoms with E-state index in [9.17, 15) is 0 Å². The molecule has 1 saturated heterocycles. The van der Waals surface area contributed by atoms with Crippen LogP contribution in [0, 0.1) is 0 Å². The standard InChI is InChI=1S/C11H18N8/c1-17-5-6-18(2)9(8-17)7-12-10-3-4-11-13-15-16-19(11)14-10/h3-4,9H,5-8H2,1-2H3,(H,12,14). The minimum atomic E-state index is 0.491. The van der Waals surface area contributed by atoms with Gasteiger partial charge in [0.1, 0.15) is 5.82 Å². The van der Waals surface area contributed by atoms with Gasteiger partial charge in [0.2, 0.25) is 0 Å². The quantitative estimate of drug-likeness (QED) is 0.774. The number of fused-ring (bicyclic) bond motifs is 1. The van der Waals surface area contributed by atoms with Crippen LogP contribution >= 0.6 is 0 Å². The largest absolute Gasteiger partial charge is 0.367 e. The molecule has 0 saturated carbocycles. The zero-order chi connectivity index (χ0) is 13.2. The molecule has 0 amide bonds. The first-order valence-electron chi connectivity index (χ1n) is 6.40. The van der Waals surface area contributed by atoms with E-state index in [4.69, 9.17) is 0 Å². The normalized spacial score (nSPS) is 21.9. The molecule has 1 aliphatic heterocycles. The SMILES string of the molecule is CN1CCN(C)C(CNc2ccc3nnnn3n2)C1. The molecular formula is C11H18N8. The van der Waals surface area contributed by atoms with E-state index in [2.05, 4.69) is 49.8 Å². The van der Waals surface area contributed by atoms with Gasteiger partial charge in [0, 0.05) is 32.2 Å². The Labute approximate surface area is 111 Å². The van der Waals surface area contributed by atoms with Gasteiger partial charge in [0.25, 0.3) is 0 Å². The first-order valence-corrected chi connectivity index (χ1v) is 6.40. The molecule has 0 radical (unpaired) electrons. The predicted octanol–water partition coefficient (Wildman–Crippen LogP) is -0.823. The maximum absolute atomic E-state index is 4.30. The number of aromatic nitrogens is 5. The zero-order valence-electron chi connectivity index (χ0n) is 11.2. The van der Waals surface area contributed by atoms with Crippen LogP contribution in [0.3, 0.4) is 0 Å². The molecular weight excluding hydrogens is 244 g/mol. The van der Waals surface area contributed by atoms with Crippen LogP contribution in [-0.2, 0) is 0 Å². The summed E-state index contributed by atoms with van der Waals surface area (Å²) in [6, 6.07) is 4.25. The van der Waals surface area contributed by atoms with Crippen molar-refractivity contribution in [3.05, 3.63) is 12.1 Å². The van der Waals surface area contributed by atoms with Crippen LogP contribution in [0.1, 0.15) is 0 Å². The van der Waals surface area contributed by atoms with Crippen molar-refractivity contribution in [2.24, 2.45) is 0 Å². The second-order valence-corrected chi connectivity index (χ2v) is 5.02. The van der Waals surface area contributed by atoms with Crippen molar-refractivity contribution < 1.29 is 0 Å². The summed E-state index contributed by atoms with van der Waals surface area (Å²) >= 11 is 0. The van der Waals surface area contributed by atoms with Crippen molar-refractivity contribution >= 4 is 11.5 Å². The van der Waals surface area contributed by atoms with Gasteiger partial charge in [-0.3, -0.25) is 4.90 Å². The summed E-state index contributed by atoms with van der Waals surface area (Å²) < 4.78 is 1.43. The van der Waals surface area contributed by atoms with Gasteiger partial charge in [0.05, 0.1) is 0 Å². The highest BCUT2D eigenvalue weighted by atomic mass is 15.6. The lowest BCUT2D eigenvalue weighted by atomic mass is 10.2. The molecule has 8 nitrogen and oxygen atoms in total. The highest BCUT2D eigenvalue weighted by molar-refractivity contribution is 5.42. The van der Waals surface area contributed by atoms with Gasteiger partial charge in [0.15, 0.2) is 5.65 Å². The number of rotatable bonds is 3. The Kier molecular flexibility index (Phi) is 3.26. The van der Waals surface area contributed by atoms with Gasteiger partial charge in [-0.1, -0.05) is 0 Å². The Balaban J connectivity index is 1.64. The number of piperazine rings is 1. The maximum atomic E-state index is 4.30. The lowest BCUT2D eigenvalue weighted by molar-refractivity contribution is 0.122. The molecule has 2 aromatic heterocycles. The third kappa shape index (κ3) is 2.64. The van der Waals surface area contributed by atoms with Gasteiger partial charge in [-0.25, -0.2) is 0 Å². The molecule has 2 aromatic rings. The van der Waals surface area contributed by atoms with E-state index in [1.807, 2.05) is 12.1 Å². The van der Waals surface area contributed by atoms with Crippen LogP contribution in [0.15, 0.2) is 12.1 Å². The Morgan fingerprint density at radius 1 is 1.32 bits per heavy atom. The van der Waals surface area contributed by atoms with Crippen LogP contribution in [0.25, 0.3) is 5.65 Å². The minimum absolute atomic E-state index is 0.491. The summed E-state index contributed by atoms with van der Waals surface area (Å²) in [4.78, 5) is 4.73. The smallest absolute Gasteiger partial charge is 0.200 e. The second kappa shape index (κ2) is 5.06. The molecule has 19 heavy (non-hydrogen) atoms. The van der Waals surface area contributed by atoms with E-state index in [0.29, 0.717) is 11.7 Å². The minimum Gasteiger partial charge on any atom is -0.367 e. The predicted molar refractivity (Wildman–Crippen MR) is 71.0 cm³/mol. The van der Waals surface area contributed by atoms with E-state index in [1.54, 1.807) is 0 Å². The molecule has 102 valence electrons. The van der Waals surface area contributed by atoms with E-state index < -0.39 is 0 Å². The fourth-order valence-corrected chi connectivity index (χ4v) is 2.29. The van der Waals surface area contributed by atoms with Gasteiger partial charge < -0.3 is 10.2 Å². The molecule has 3 rings (SSSR count). The van der Waals surface area contributed by atoms with Crippen LogP contribution in [0.4, 0.5) is 5.82 Å². The van der Waals surface area contributed by atoms with Crippen molar-refractivity contribution in [1.82, 2.24) is 35.1 Å². The van der Waals surface area contributed by atoms with E-state index >= 15 is 0 Å². The van der Waals surface area contributed by atoms with Crippen LogP contribution < -0.4 is 5.32 Å². The molecule has 0 bridgehead atoms. The number of hydrogen-bond acceptors (Lipinski definition) is 7. The summed E-state index contributed by atoms with van der Waals surface area (Å²) in [6.45, 7) is 4.15. The summed E-state index contributed by atoms with van der Waals surface area (Å²) in [5.41, 5.74) is 0.653. The number of likely N-dealkylation sites (N-methyl/N-ethyl adjacent to an activating group) is 2. The lowest BCUT2D eigenvalue weighted by Crippen LogP contribution is -2.52. The molecule has 8 heteroatoms. The molecule has 1 fully saturated rings. The zero-order valence-corrected chi connectivity index (χ0v) is 11.2. The number of nitrogens with zero attached hydrogens (tertiary/aromatic N) is 7. The molecule has 1 N–H and O–H groups in total. The van der Waals surface area contributed by atoms with Gasteiger partial charge in [-0.2, -0.15) is 0 Å². The molecule has 3 heterocycles. The topological polar surface area (TPSA) is 74.5 Å². The maximum Gasteiger partial charge on any atom is 0.200 e. The lowest BCUT2D eigenvalue weighted by Gasteiger charge is -2.37. The molecule has 1 aliphatic rings. The van der Waals surface area contributed by atoms with Gasteiger partial charge in [-0.05, 0) is 36.7 Å². The number of hydrogen-bond donors (Lipinski definition) is 1. The van der Waals surface area contributed by atoms with E-state index in [1.165, 1.54) is 4.63 Å². The van der Waals surface area contributed by atoms with Crippen molar-refractivity contribution in [2.45, 2.75) is 6.04 Å². The van der Waals surface area contributed by atoms with Gasteiger partial charge >= 0.3 is 0 Å². The monoisotopic (exact) mass is 262 g/mol. The molecule has 0 aromatic carbocycles. The number of tetrazole rings is 1. The summed E-state index contributed by atoms with van der Waals surface area (Å²) in [7, 11) is 4.32. The Hall–Kier alpha value is -1.80. The Morgan fingerprint density at radius 3 is 3.11 bits per heavy atom. The van der Waals surface area contributed by atoms with Crippen molar-refractivity contribution in [1.29, 1.82) is 0 Å². The van der Waals surface area contributed by atoms with Gasteiger partial charge in [-0.15, -0.1) is 14.8 Å². The third-order valence-electron chi connectivity index (χ3n) is 3.57. The number of nitrogens with one attached hydrogen (secondary N) is 1. The number of anilines is 1. The molecule has 0 aliphatic carbocycles. The first kappa shape index (κ1) is 12.2. The second-order valence-electron chi connectivity index (χ2n) is 5.02. The summed E-state index contributed by atoms with van der Waals surface area (Å²) in [5.74, 6) is 0.793. The fraction of sp³-hybridized carbons (Fsp3) is 0.636. The van der Waals surface area contributed by atoms with Crippen LogP contribution in [-0.4, -0.2) is 81.4 Å². The highest BCUT2D eigenvalue weighted by Crippen LogP contribution is 2.08. The Morgan fingerprint density at radius 2 is 2.21 bits per heavy atom. The third-order valence-corrected chi connectivity index (χ3v) is 3.57. The summed E-state index contributed by atoms with van der Waals surface area (Å²) in [6.07, 6.45) is 0. The Bertz CT molecular complexity index is 552. The van der Waals surface area contributed by atoms with Crippen molar-refractivity contribution in [2.75, 3.05) is 45.6 Å². The van der Waals surface area contributed by atoms with E-state index in [0.717, 1.165) is 32.0 Å². The van der Waals surface area contributed by atoms with Crippen LogP contribution in [0.5, 0.6) is 0 Å². The van der Waals surface area contributed by atoms with Crippen molar-refractivity contribution in [3.63, 3.8) is 0 Å². The molecule has 0 spiro atoms. The highest BCUT2D eigenvalue weighted by Gasteiger charge is 2.21. The first-order chi connectivity index (χ1) is 9.22.